The van der Waals surface area contributed by atoms with Gasteiger partial charge in [-0.1, -0.05) is 52.9 Å². The highest BCUT2D eigenvalue weighted by Gasteiger charge is 2.24. The number of carbonyl (C=O) groups is 1. The highest BCUT2D eigenvalue weighted by Crippen LogP contribution is 2.36. The van der Waals surface area contributed by atoms with Gasteiger partial charge in [0.15, 0.2) is 0 Å². The molecule has 1 saturated carbocycles. The molecule has 0 atom stereocenters. The molecule has 2 nitrogen and oxygen atoms in total. The van der Waals surface area contributed by atoms with Gasteiger partial charge in [-0.25, -0.2) is 18.0 Å². The van der Waals surface area contributed by atoms with Crippen molar-refractivity contribution in [2.45, 2.75) is 41.7 Å². The second-order valence-electron chi connectivity index (χ2n) is 8.83. The standard InChI is InChI=1S/C28H21F6IO2/c29-24-13-19(18-3-1-16(2-4-18)17-5-8-20(35)9-6-17)7-10-23(24)27(36)37-21-14-25(30)22(26(31)15-21)11-12-28(32,33)34/h1-4,7,10-15,17,20H,5-6,8-9H2/b12-11+. The Kier molecular flexibility index (Phi) is 8.30. The molecule has 0 spiro atoms. The molecule has 0 aliphatic heterocycles. The number of hydrogen-bond acceptors (Lipinski definition) is 2. The van der Waals surface area contributed by atoms with E-state index >= 15 is 0 Å². The molecule has 3 aromatic carbocycles. The zero-order chi connectivity index (χ0) is 26.7. The topological polar surface area (TPSA) is 26.3 Å². The summed E-state index contributed by atoms with van der Waals surface area (Å²) in [6.45, 7) is 0. The second kappa shape index (κ2) is 11.3. The molecule has 0 amide bonds. The Morgan fingerprint density at radius 3 is 2.00 bits per heavy atom. The van der Waals surface area contributed by atoms with Crippen LogP contribution < -0.4 is 4.74 Å². The zero-order valence-electron chi connectivity index (χ0n) is 19.3. The number of carbonyl (C=O) groups excluding carboxylic acids is 1. The molecule has 9 heteroatoms. The van der Waals surface area contributed by atoms with Gasteiger partial charge in [0.1, 0.15) is 23.2 Å². The lowest BCUT2D eigenvalue weighted by atomic mass is 9.83. The maximum atomic E-state index is 14.8. The van der Waals surface area contributed by atoms with Gasteiger partial charge in [0.2, 0.25) is 0 Å². The van der Waals surface area contributed by atoms with Crippen LogP contribution in [0, 0.1) is 17.5 Å². The summed E-state index contributed by atoms with van der Waals surface area (Å²) in [6, 6.07) is 12.9. The lowest BCUT2D eigenvalue weighted by molar-refractivity contribution is -0.0790. The van der Waals surface area contributed by atoms with Gasteiger partial charge in [0, 0.05) is 27.7 Å². The van der Waals surface area contributed by atoms with Gasteiger partial charge in [0.25, 0.3) is 0 Å². The van der Waals surface area contributed by atoms with Crippen molar-refractivity contribution >= 4 is 34.6 Å². The molecule has 37 heavy (non-hydrogen) atoms. The monoisotopic (exact) mass is 630 g/mol. The zero-order valence-corrected chi connectivity index (χ0v) is 21.5. The molecule has 0 radical (unpaired) electrons. The van der Waals surface area contributed by atoms with E-state index in [1.54, 1.807) is 0 Å². The number of halogens is 7. The molecule has 1 fully saturated rings. The van der Waals surface area contributed by atoms with Crippen molar-refractivity contribution in [2.24, 2.45) is 0 Å². The fraction of sp³-hybridized carbons (Fsp3) is 0.250. The maximum Gasteiger partial charge on any atom is 0.409 e. The van der Waals surface area contributed by atoms with Crippen molar-refractivity contribution in [3.8, 4) is 16.9 Å². The Bertz CT molecular complexity index is 1290. The summed E-state index contributed by atoms with van der Waals surface area (Å²) in [6.07, 6.45) is -0.193. The molecule has 1 aliphatic carbocycles. The van der Waals surface area contributed by atoms with Crippen LogP contribution in [-0.2, 0) is 0 Å². The molecule has 1 aliphatic rings. The van der Waals surface area contributed by atoms with Gasteiger partial charge in [-0.2, -0.15) is 13.2 Å². The Hall–Kier alpha value is -2.82. The van der Waals surface area contributed by atoms with Crippen molar-refractivity contribution < 1.29 is 35.9 Å². The normalized spacial score (nSPS) is 18.2. The molecular formula is C28H21F6IO2. The first-order valence-electron chi connectivity index (χ1n) is 11.5. The lowest BCUT2D eigenvalue weighted by Gasteiger charge is -2.25. The van der Waals surface area contributed by atoms with E-state index in [0.717, 1.165) is 22.3 Å². The first kappa shape index (κ1) is 27.2. The Balaban J connectivity index is 1.47. The first-order valence-corrected chi connectivity index (χ1v) is 12.8. The van der Waals surface area contributed by atoms with Crippen molar-refractivity contribution in [2.75, 3.05) is 0 Å². The number of benzene rings is 3. The molecule has 194 valence electrons. The summed E-state index contributed by atoms with van der Waals surface area (Å²) in [5.41, 5.74) is 1.13. The highest BCUT2D eigenvalue weighted by atomic mass is 127. The van der Waals surface area contributed by atoms with Crippen LogP contribution in [0.4, 0.5) is 26.3 Å². The van der Waals surface area contributed by atoms with E-state index in [4.69, 9.17) is 4.74 Å². The van der Waals surface area contributed by atoms with Crippen LogP contribution in [0.3, 0.4) is 0 Å². The van der Waals surface area contributed by atoms with E-state index in [9.17, 15) is 31.1 Å². The summed E-state index contributed by atoms with van der Waals surface area (Å²) < 4.78 is 85.4. The minimum Gasteiger partial charge on any atom is -0.423 e. The average molecular weight is 630 g/mol. The fourth-order valence-corrected chi connectivity index (χ4v) is 5.03. The average Bonchev–Trinajstić information content (AvgIpc) is 2.83. The van der Waals surface area contributed by atoms with Gasteiger partial charge in [-0.05, 0) is 66.5 Å². The van der Waals surface area contributed by atoms with E-state index in [-0.39, 0.29) is 12.2 Å². The summed E-state index contributed by atoms with van der Waals surface area (Å²) in [5, 5.41) is 0. The van der Waals surface area contributed by atoms with Crippen LogP contribution in [0.15, 0.2) is 60.7 Å². The molecule has 0 N–H and O–H groups in total. The van der Waals surface area contributed by atoms with Gasteiger partial charge in [0.05, 0.1) is 5.56 Å². The molecule has 3 aromatic rings. The third-order valence-corrected chi connectivity index (χ3v) is 7.51. The third kappa shape index (κ3) is 6.94. The number of rotatable bonds is 5. The van der Waals surface area contributed by atoms with E-state index in [2.05, 4.69) is 22.6 Å². The molecule has 4 rings (SSSR count). The van der Waals surface area contributed by atoms with Crippen LogP contribution in [0.1, 0.15) is 53.1 Å². The van der Waals surface area contributed by atoms with Crippen LogP contribution in [-0.4, -0.2) is 16.1 Å². The second-order valence-corrected chi connectivity index (χ2v) is 10.6. The smallest absolute Gasteiger partial charge is 0.409 e. The predicted octanol–water partition coefficient (Wildman–Crippen LogP) is 9.03. The van der Waals surface area contributed by atoms with Crippen LogP contribution >= 0.6 is 22.6 Å². The number of ether oxygens (including phenoxy) is 1. The van der Waals surface area contributed by atoms with Gasteiger partial charge < -0.3 is 4.74 Å². The first-order chi connectivity index (χ1) is 17.5. The lowest BCUT2D eigenvalue weighted by Crippen LogP contribution is -2.12. The van der Waals surface area contributed by atoms with Crippen molar-refractivity contribution in [3.63, 3.8) is 0 Å². The quantitative estimate of drug-likeness (QED) is 0.0925. The molecular weight excluding hydrogens is 609 g/mol. The minimum atomic E-state index is -4.76. The number of allylic oxidation sites excluding steroid dienone is 1. The van der Waals surface area contributed by atoms with Crippen LogP contribution in [0.5, 0.6) is 5.75 Å². The molecule has 0 heterocycles. The molecule has 0 unspecified atom stereocenters. The summed E-state index contributed by atoms with van der Waals surface area (Å²) in [7, 11) is 0. The SMILES string of the molecule is O=C(Oc1cc(F)c(/C=C/C(F)(F)F)c(F)c1)c1ccc(-c2ccc(C3CCC(I)CC3)cc2)cc1F. The Labute approximate surface area is 223 Å². The third-order valence-electron chi connectivity index (χ3n) is 6.26. The van der Waals surface area contributed by atoms with Crippen LogP contribution in [0.2, 0.25) is 0 Å². The predicted molar refractivity (Wildman–Crippen MR) is 137 cm³/mol. The summed E-state index contributed by atoms with van der Waals surface area (Å²) >= 11 is 2.49. The number of esters is 1. The summed E-state index contributed by atoms with van der Waals surface area (Å²) in [5.74, 6) is -4.94. The van der Waals surface area contributed by atoms with E-state index in [0.29, 0.717) is 23.6 Å². The van der Waals surface area contributed by atoms with Crippen LogP contribution in [0.25, 0.3) is 17.2 Å². The Morgan fingerprint density at radius 2 is 1.43 bits per heavy atom. The highest BCUT2D eigenvalue weighted by molar-refractivity contribution is 14.1. The molecule has 0 aromatic heterocycles. The van der Waals surface area contributed by atoms with Crippen molar-refractivity contribution in [1.29, 1.82) is 0 Å². The van der Waals surface area contributed by atoms with Gasteiger partial charge in [-0.3, -0.25) is 0 Å². The molecule has 0 bridgehead atoms. The summed E-state index contributed by atoms with van der Waals surface area (Å²) in [4.78, 5) is 12.4. The van der Waals surface area contributed by atoms with Crippen molar-refractivity contribution in [1.82, 2.24) is 0 Å². The van der Waals surface area contributed by atoms with Gasteiger partial charge >= 0.3 is 12.1 Å². The van der Waals surface area contributed by atoms with E-state index < -0.39 is 46.5 Å². The minimum absolute atomic E-state index is 0.233. The number of hydrogen-bond donors (Lipinski definition) is 0. The molecule has 0 saturated heterocycles. The van der Waals surface area contributed by atoms with Gasteiger partial charge in [-0.15, -0.1) is 0 Å². The maximum absolute atomic E-state index is 14.8. The van der Waals surface area contributed by atoms with E-state index in [1.165, 1.54) is 36.6 Å². The van der Waals surface area contributed by atoms with Crippen molar-refractivity contribution in [3.05, 3.63) is 94.8 Å². The Morgan fingerprint density at radius 1 is 0.838 bits per heavy atom. The largest absolute Gasteiger partial charge is 0.423 e. The van der Waals surface area contributed by atoms with E-state index in [1.807, 2.05) is 24.3 Å². The number of alkyl halides is 4. The fourth-order valence-electron chi connectivity index (χ4n) is 4.31.